The summed E-state index contributed by atoms with van der Waals surface area (Å²) < 4.78 is 23.8. The Kier molecular flexibility index (Phi) is 8.91. The van der Waals surface area contributed by atoms with E-state index in [-0.39, 0.29) is 52.8 Å². The van der Waals surface area contributed by atoms with E-state index >= 15 is 0 Å². The van der Waals surface area contributed by atoms with Gasteiger partial charge in [-0.25, -0.2) is 0 Å². The Balaban J connectivity index is 1.33. The summed E-state index contributed by atoms with van der Waals surface area (Å²) in [5.74, 6) is 1.73. The van der Waals surface area contributed by atoms with Crippen LogP contribution in [0.2, 0.25) is 0 Å². The molecule has 2 unspecified atom stereocenters. The number of fused-ring (bicyclic) bond motifs is 5. The van der Waals surface area contributed by atoms with Crippen molar-refractivity contribution in [2.75, 3.05) is 6.61 Å². The van der Waals surface area contributed by atoms with Gasteiger partial charge in [-0.15, -0.1) is 0 Å². The van der Waals surface area contributed by atoms with Gasteiger partial charge in [0.15, 0.2) is 6.29 Å². The molecule has 6 heteroatoms. The molecule has 10 atom stereocenters. The predicted octanol–water partition coefficient (Wildman–Crippen LogP) is 7.72. The maximum absolute atomic E-state index is 12.2. The molecule has 42 heavy (non-hydrogen) atoms. The standard InChI is InChI=1S/C36H54O6/c1-22(11-12-23(2)34(5,6)42-33-10-9-19-39-33)29-15-16-30-28-14-13-26-20-27(40-24(3)37)21-32(41-25(4)38)36(26,8)31(28)17-18-35(29,30)7/h11-14,22-23,27,29-33H,9-10,15-21H2,1-8H3/t22-,23?,27-,29-,30+,31+,32+,33?,35-,36+/m1/s1. The Hall–Kier alpha value is -1.92. The summed E-state index contributed by atoms with van der Waals surface area (Å²) in [7, 11) is 0. The molecule has 0 N–H and O–H groups in total. The van der Waals surface area contributed by atoms with E-state index in [1.807, 2.05) is 0 Å². The Labute approximate surface area is 253 Å². The number of carbonyl (C=O) groups excluding carboxylic acids is 2. The second-order valence-electron chi connectivity index (χ2n) is 14.9. The minimum Gasteiger partial charge on any atom is -0.462 e. The van der Waals surface area contributed by atoms with Crippen LogP contribution in [0.25, 0.3) is 0 Å². The van der Waals surface area contributed by atoms with Crippen LogP contribution >= 0.6 is 0 Å². The van der Waals surface area contributed by atoms with Gasteiger partial charge in [0.1, 0.15) is 12.2 Å². The summed E-state index contributed by atoms with van der Waals surface area (Å²) in [6.07, 6.45) is 16.9. The van der Waals surface area contributed by atoms with Gasteiger partial charge in [0.2, 0.25) is 0 Å². The number of hydrogen-bond donors (Lipinski definition) is 0. The second-order valence-corrected chi connectivity index (χ2v) is 14.9. The average Bonchev–Trinajstić information content (AvgIpc) is 3.53. The van der Waals surface area contributed by atoms with Crippen molar-refractivity contribution in [1.82, 2.24) is 0 Å². The van der Waals surface area contributed by atoms with Crippen molar-refractivity contribution in [2.24, 2.45) is 40.4 Å². The molecule has 5 aliphatic rings. The van der Waals surface area contributed by atoms with Crippen molar-refractivity contribution in [1.29, 1.82) is 0 Å². The van der Waals surface area contributed by atoms with Gasteiger partial charge in [0.05, 0.1) is 5.60 Å². The largest absolute Gasteiger partial charge is 0.462 e. The maximum atomic E-state index is 12.2. The van der Waals surface area contributed by atoms with Crippen LogP contribution in [0.4, 0.5) is 0 Å². The van der Waals surface area contributed by atoms with Gasteiger partial charge in [-0.05, 0) is 75.0 Å². The van der Waals surface area contributed by atoms with Gasteiger partial charge < -0.3 is 18.9 Å². The Morgan fingerprint density at radius 3 is 2.40 bits per heavy atom. The van der Waals surface area contributed by atoms with Crippen molar-refractivity contribution in [3.8, 4) is 0 Å². The molecule has 0 amide bonds. The molecule has 4 aliphatic carbocycles. The lowest BCUT2D eigenvalue weighted by molar-refractivity contribution is -0.188. The molecule has 6 nitrogen and oxygen atoms in total. The fourth-order valence-electron chi connectivity index (χ4n) is 9.40. The first-order valence-electron chi connectivity index (χ1n) is 16.5. The lowest BCUT2D eigenvalue weighted by atomic mass is 9.49. The van der Waals surface area contributed by atoms with E-state index in [4.69, 9.17) is 18.9 Å². The van der Waals surface area contributed by atoms with Crippen LogP contribution in [0.15, 0.2) is 35.5 Å². The fraction of sp³-hybridized carbons (Fsp3) is 0.778. The van der Waals surface area contributed by atoms with Gasteiger partial charge in [-0.3, -0.25) is 9.59 Å². The number of rotatable bonds is 8. The summed E-state index contributed by atoms with van der Waals surface area (Å²) in [5, 5.41) is 0. The quantitative estimate of drug-likeness (QED) is 0.216. The Morgan fingerprint density at radius 1 is 1.00 bits per heavy atom. The summed E-state index contributed by atoms with van der Waals surface area (Å²) >= 11 is 0. The zero-order chi connectivity index (χ0) is 30.4. The lowest BCUT2D eigenvalue weighted by Crippen LogP contribution is -2.54. The first-order chi connectivity index (χ1) is 19.8. The number of hydrogen-bond acceptors (Lipinski definition) is 6. The van der Waals surface area contributed by atoms with Crippen LogP contribution in [0, 0.1) is 40.4 Å². The van der Waals surface area contributed by atoms with Crippen LogP contribution in [-0.2, 0) is 28.5 Å². The van der Waals surface area contributed by atoms with Crippen molar-refractivity contribution >= 4 is 11.9 Å². The summed E-state index contributed by atoms with van der Waals surface area (Å²) in [6.45, 7) is 17.6. The minimum absolute atomic E-state index is 0.0738. The molecule has 4 fully saturated rings. The SMILES string of the molecule is CC(=O)O[C@@H]1CC2=CC=C3[C@@H]4CC[C@H]([C@H](C)C=CC(C)C(C)(C)OC5CCCO5)[C@@]4(C)CC[C@@H]3[C@@]2(C)[C@@H](OC(C)=O)C1. The van der Waals surface area contributed by atoms with E-state index in [1.54, 1.807) is 5.57 Å². The zero-order valence-corrected chi connectivity index (χ0v) is 27.2. The molecule has 234 valence electrons. The van der Waals surface area contributed by atoms with Gasteiger partial charge in [0.25, 0.3) is 0 Å². The highest BCUT2D eigenvalue weighted by Gasteiger charge is 2.60. The van der Waals surface area contributed by atoms with E-state index in [0.717, 1.165) is 25.9 Å². The molecule has 0 bridgehead atoms. The molecule has 0 aromatic carbocycles. The molecule has 0 aromatic rings. The molecule has 3 saturated carbocycles. The highest BCUT2D eigenvalue weighted by Crippen LogP contribution is 2.66. The minimum atomic E-state index is -0.293. The monoisotopic (exact) mass is 582 g/mol. The summed E-state index contributed by atoms with van der Waals surface area (Å²) in [4.78, 5) is 24.0. The molecular formula is C36H54O6. The maximum Gasteiger partial charge on any atom is 0.302 e. The van der Waals surface area contributed by atoms with Crippen LogP contribution in [0.1, 0.15) is 107 Å². The van der Waals surface area contributed by atoms with E-state index in [1.165, 1.54) is 38.7 Å². The van der Waals surface area contributed by atoms with E-state index in [0.29, 0.717) is 36.5 Å². The van der Waals surface area contributed by atoms with Crippen LogP contribution in [0.5, 0.6) is 0 Å². The summed E-state index contributed by atoms with van der Waals surface area (Å²) in [5.41, 5.74) is 2.52. The molecule has 5 rings (SSSR count). The predicted molar refractivity (Wildman–Crippen MR) is 163 cm³/mol. The number of ether oxygens (including phenoxy) is 4. The molecule has 1 heterocycles. The van der Waals surface area contributed by atoms with Crippen molar-refractivity contribution in [3.63, 3.8) is 0 Å². The van der Waals surface area contributed by atoms with Crippen molar-refractivity contribution in [3.05, 3.63) is 35.5 Å². The Bertz CT molecular complexity index is 1130. The van der Waals surface area contributed by atoms with Crippen LogP contribution in [-0.4, -0.2) is 42.6 Å². The molecule has 1 aliphatic heterocycles. The zero-order valence-electron chi connectivity index (χ0n) is 27.2. The second kappa shape index (κ2) is 11.9. The highest BCUT2D eigenvalue weighted by molar-refractivity contribution is 5.67. The fourth-order valence-corrected chi connectivity index (χ4v) is 9.40. The number of esters is 2. The number of carbonyl (C=O) groups is 2. The van der Waals surface area contributed by atoms with Crippen molar-refractivity contribution in [2.45, 2.75) is 131 Å². The Morgan fingerprint density at radius 2 is 1.74 bits per heavy atom. The van der Waals surface area contributed by atoms with Gasteiger partial charge in [-0.2, -0.15) is 0 Å². The molecule has 1 saturated heterocycles. The lowest BCUT2D eigenvalue weighted by Gasteiger charge is -2.57. The third-order valence-corrected chi connectivity index (χ3v) is 12.1. The van der Waals surface area contributed by atoms with Gasteiger partial charge >= 0.3 is 11.9 Å². The average molecular weight is 583 g/mol. The molecule has 0 radical (unpaired) electrons. The van der Waals surface area contributed by atoms with E-state index in [2.05, 4.69) is 65.8 Å². The van der Waals surface area contributed by atoms with Gasteiger partial charge in [-0.1, -0.05) is 63.1 Å². The van der Waals surface area contributed by atoms with E-state index < -0.39 is 0 Å². The smallest absolute Gasteiger partial charge is 0.302 e. The third-order valence-electron chi connectivity index (χ3n) is 12.1. The molecular weight excluding hydrogens is 528 g/mol. The first kappa shape index (κ1) is 31.5. The number of allylic oxidation sites excluding steroid dienone is 4. The first-order valence-corrected chi connectivity index (χ1v) is 16.5. The normalized spacial score (nSPS) is 39.4. The summed E-state index contributed by atoms with van der Waals surface area (Å²) in [6, 6.07) is 0. The highest BCUT2D eigenvalue weighted by atomic mass is 16.7. The van der Waals surface area contributed by atoms with Crippen LogP contribution in [0.3, 0.4) is 0 Å². The van der Waals surface area contributed by atoms with Gasteiger partial charge in [0, 0.05) is 51.0 Å². The molecule has 0 aromatic heterocycles. The third kappa shape index (κ3) is 5.79. The van der Waals surface area contributed by atoms with Crippen molar-refractivity contribution < 1.29 is 28.5 Å². The van der Waals surface area contributed by atoms with Crippen LogP contribution < -0.4 is 0 Å². The topological polar surface area (TPSA) is 71.1 Å². The molecule has 0 spiro atoms. The van der Waals surface area contributed by atoms with E-state index in [9.17, 15) is 9.59 Å².